The Morgan fingerprint density at radius 1 is 1.37 bits per heavy atom. The molecule has 8 nitrogen and oxygen atoms in total. The molecule has 10 heteroatoms. The molecule has 2 aliphatic heterocycles. The number of hydrogen-bond acceptors (Lipinski definition) is 6. The van der Waals surface area contributed by atoms with E-state index in [9.17, 15) is 23.6 Å². The number of carbonyl (C=O) groups is 4. The van der Waals surface area contributed by atoms with Gasteiger partial charge in [-0.25, -0.2) is 14.0 Å². The fraction of sp³-hybridized carbons (Fsp3) is 0.412. The minimum atomic E-state index is -0.945. The summed E-state index contributed by atoms with van der Waals surface area (Å²) in [5.74, 6) is -1.91. The molecule has 0 saturated carbocycles. The molecular formula is C17H18FN3O5S. The van der Waals surface area contributed by atoms with Crippen molar-refractivity contribution >= 4 is 41.3 Å². The number of fused-ring (bicyclic) bond motifs is 1. The highest BCUT2D eigenvalue weighted by Crippen LogP contribution is 2.47. The van der Waals surface area contributed by atoms with Crippen molar-refractivity contribution in [3.8, 4) is 0 Å². The number of urea groups is 1. The SMILES string of the molecule is C[C@@]12CCC(=O)N1[C@H](C(=O)OCC(=O)NC(=O)Nc1ccccc1F)CS2. The second-order valence-corrected chi connectivity index (χ2v) is 7.86. The highest BCUT2D eigenvalue weighted by molar-refractivity contribution is 8.01. The smallest absolute Gasteiger partial charge is 0.330 e. The molecule has 0 aromatic heterocycles. The number of imide groups is 1. The van der Waals surface area contributed by atoms with E-state index >= 15 is 0 Å². The number of esters is 1. The van der Waals surface area contributed by atoms with Crippen molar-refractivity contribution in [2.45, 2.75) is 30.7 Å². The zero-order valence-electron chi connectivity index (χ0n) is 14.5. The van der Waals surface area contributed by atoms with Gasteiger partial charge in [-0.15, -0.1) is 11.8 Å². The monoisotopic (exact) mass is 395 g/mol. The summed E-state index contributed by atoms with van der Waals surface area (Å²) in [5, 5.41) is 4.13. The normalized spacial score (nSPS) is 23.7. The van der Waals surface area contributed by atoms with Gasteiger partial charge in [-0.05, 0) is 25.5 Å². The van der Waals surface area contributed by atoms with Gasteiger partial charge in [-0.2, -0.15) is 0 Å². The molecule has 2 heterocycles. The van der Waals surface area contributed by atoms with Crippen LogP contribution in [0.15, 0.2) is 24.3 Å². The number of ether oxygens (including phenoxy) is 1. The fourth-order valence-electron chi connectivity index (χ4n) is 3.11. The average molecular weight is 395 g/mol. The van der Waals surface area contributed by atoms with E-state index in [1.165, 1.54) is 34.9 Å². The van der Waals surface area contributed by atoms with Gasteiger partial charge in [0.05, 0.1) is 10.6 Å². The van der Waals surface area contributed by atoms with Gasteiger partial charge in [-0.3, -0.25) is 14.9 Å². The number of anilines is 1. The summed E-state index contributed by atoms with van der Waals surface area (Å²) in [5.41, 5.74) is -0.0883. The van der Waals surface area contributed by atoms with Gasteiger partial charge < -0.3 is 15.0 Å². The number of carbonyl (C=O) groups excluding carboxylic acids is 4. The van der Waals surface area contributed by atoms with E-state index in [1.807, 2.05) is 12.2 Å². The standard InChI is InChI=1S/C17H18FN3O5S/c1-17-7-6-14(23)21(17)12(9-27-17)15(24)26-8-13(22)20-16(25)19-11-5-3-2-4-10(11)18/h2-5,12H,6-9H2,1H3,(H2,19,20,22,25)/t12-,17+/m0/s1. The van der Waals surface area contributed by atoms with Crippen LogP contribution in [-0.2, 0) is 19.1 Å². The molecule has 2 atom stereocenters. The van der Waals surface area contributed by atoms with Crippen LogP contribution in [-0.4, -0.2) is 52.0 Å². The lowest BCUT2D eigenvalue weighted by Crippen LogP contribution is -2.47. The molecule has 2 aliphatic rings. The number of nitrogens with zero attached hydrogens (tertiary/aromatic N) is 1. The Kier molecular flexibility index (Phi) is 5.36. The predicted molar refractivity (Wildman–Crippen MR) is 95.3 cm³/mol. The van der Waals surface area contributed by atoms with Gasteiger partial charge in [0.2, 0.25) is 5.91 Å². The van der Waals surface area contributed by atoms with Crippen molar-refractivity contribution < 1.29 is 28.3 Å². The lowest BCUT2D eigenvalue weighted by atomic mass is 10.2. The molecule has 0 spiro atoms. The number of rotatable bonds is 4. The van der Waals surface area contributed by atoms with Crippen molar-refractivity contribution in [2.24, 2.45) is 0 Å². The molecule has 0 aliphatic carbocycles. The highest BCUT2D eigenvalue weighted by Gasteiger charge is 2.53. The van der Waals surface area contributed by atoms with Crippen molar-refractivity contribution in [3.05, 3.63) is 30.1 Å². The van der Waals surface area contributed by atoms with Gasteiger partial charge in [-0.1, -0.05) is 12.1 Å². The maximum atomic E-state index is 13.5. The van der Waals surface area contributed by atoms with Gasteiger partial charge in [0, 0.05) is 12.2 Å². The number of para-hydroxylation sites is 1. The Bertz CT molecular complexity index is 805. The van der Waals surface area contributed by atoms with Crippen LogP contribution in [0.1, 0.15) is 19.8 Å². The first kappa shape index (κ1) is 19.2. The number of thioether (sulfide) groups is 1. The van der Waals surface area contributed by atoms with Crippen molar-refractivity contribution in [3.63, 3.8) is 0 Å². The first-order valence-electron chi connectivity index (χ1n) is 8.28. The Morgan fingerprint density at radius 3 is 2.85 bits per heavy atom. The molecule has 144 valence electrons. The molecule has 2 fully saturated rings. The molecule has 1 aromatic rings. The summed E-state index contributed by atoms with van der Waals surface area (Å²) in [6.45, 7) is 1.22. The lowest BCUT2D eigenvalue weighted by Gasteiger charge is -2.29. The molecule has 2 saturated heterocycles. The van der Waals surface area contributed by atoms with Crippen LogP contribution in [0.2, 0.25) is 0 Å². The van der Waals surface area contributed by atoms with Crippen LogP contribution >= 0.6 is 11.8 Å². The van der Waals surface area contributed by atoms with E-state index in [0.717, 1.165) is 6.07 Å². The van der Waals surface area contributed by atoms with Gasteiger partial charge in [0.25, 0.3) is 5.91 Å². The van der Waals surface area contributed by atoms with E-state index in [1.54, 1.807) is 0 Å². The third kappa shape index (κ3) is 4.05. The van der Waals surface area contributed by atoms with E-state index in [2.05, 4.69) is 5.32 Å². The molecule has 27 heavy (non-hydrogen) atoms. The predicted octanol–water partition coefficient (Wildman–Crippen LogP) is 1.47. The summed E-state index contributed by atoms with van der Waals surface area (Å²) in [6.07, 6.45) is 1.04. The number of halogens is 1. The first-order valence-corrected chi connectivity index (χ1v) is 9.27. The quantitative estimate of drug-likeness (QED) is 0.748. The number of benzene rings is 1. The van der Waals surface area contributed by atoms with Gasteiger partial charge in [0.1, 0.15) is 11.9 Å². The maximum Gasteiger partial charge on any atom is 0.330 e. The zero-order chi connectivity index (χ0) is 19.6. The summed E-state index contributed by atoms with van der Waals surface area (Å²) < 4.78 is 18.4. The van der Waals surface area contributed by atoms with E-state index in [4.69, 9.17) is 4.74 Å². The molecule has 0 unspecified atom stereocenters. The second-order valence-electron chi connectivity index (χ2n) is 6.36. The van der Waals surface area contributed by atoms with Crippen LogP contribution in [0.25, 0.3) is 0 Å². The maximum absolute atomic E-state index is 13.5. The molecule has 3 rings (SSSR count). The summed E-state index contributed by atoms with van der Waals surface area (Å²) >= 11 is 1.51. The average Bonchev–Trinajstić information content (AvgIpc) is 3.11. The van der Waals surface area contributed by atoms with Crippen LogP contribution in [0.3, 0.4) is 0 Å². The minimum absolute atomic E-state index is 0.0883. The van der Waals surface area contributed by atoms with Crippen molar-refractivity contribution in [2.75, 3.05) is 17.7 Å². The van der Waals surface area contributed by atoms with Crippen LogP contribution in [0.4, 0.5) is 14.9 Å². The Hall–Kier alpha value is -2.62. The summed E-state index contributed by atoms with van der Waals surface area (Å²) in [7, 11) is 0. The zero-order valence-corrected chi connectivity index (χ0v) is 15.3. The molecule has 0 radical (unpaired) electrons. The molecule has 2 N–H and O–H groups in total. The largest absolute Gasteiger partial charge is 0.454 e. The van der Waals surface area contributed by atoms with Gasteiger partial charge in [0.15, 0.2) is 6.61 Å². The molecule has 0 bridgehead atoms. The topological polar surface area (TPSA) is 105 Å². The Labute approximate surface area is 158 Å². The summed E-state index contributed by atoms with van der Waals surface area (Å²) in [4.78, 5) is 48.8. The van der Waals surface area contributed by atoms with E-state index in [0.29, 0.717) is 18.6 Å². The first-order chi connectivity index (χ1) is 12.8. The number of hydrogen-bond donors (Lipinski definition) is 2. The number of amides is 4. The van der Waals surface area contributed by atoms with Crippen LogP contribution < -0.4 is 10.6 Å². The Morgan fingerprint density at radius 2 is 2.11 bits per heavy atom. The second kappa shape index (κ2) is 7.55. The van der Waals surface area contributed by atoms with Crippen molar-refractivity contribution in [1.29, 1.82) is 0 Å². The van der Waals surface area contributed by atoms with Crippen LogP contribution in [0, 0.1) is 5.82 Å². The highest BCUT2D eigenvalue weighted by atomic mass is 32.2. The van der Waals surface area contributed by atoms with E-state index in [-0.39, 0.29) is 11.6 Å². The minimum Gasteiger partial charge on any atom is -0.454 e. The Balaban J connectivity index is 1.48. The lowest BCUT2D eigenvalue weighted by molar-refractivity contribution is -0.156. The third-order valence-corrected chi connectivity index (χ3v) is 5.94. The fourth-order valence-corrected chi connectivity index (χ4v) is 4.52. The van der Waals surface area contributed by atoms with Crippen LogP contribution in [0.5, 0.6) is 0 Å². The van der Waals surface area contributed by atoms with Crippen molar-refractivity contribution in [1.82, 2.24) is 10.2 Å². The van der Waals surface area contributed by atoms with E-state index < -0.39 is 41.2 Å². The third-order valence-electron chi connectivity index (χ3n) is 4.44. The molecular weight excluding hydrogens is 377 g/mol. The number of nitrogens with one attached hydrogen (secondary N) is 2. The summed E-state index contributed by atoms with van der Waals surface area (Å²) in [6, 6.07) is 3.79. The molecule has 1 aromatic carbocycles. The van der Waals surface area contributed by atoms with Gasteiger partial charge >= 0.3 is 12.0 Å². The molecule has 4 amide bonds.